The van der Waals surface area contributed by atoms with Gasteiger partial charge in [0.2, 0.25) is 0 Å². The molecule has 3 aliphatic rings. The Bertz CT molecular complexity index is 674. The molecule has 3 fully saturated rings. The fourth-order valence-electron chi connectivity index (χ4n) is 5.39. The first-order valence-corrected chi connectivity index (χ1v) is 9.88. The summed E-state index contributed by atoms with van der Waals surface area (Å²) >= 11 is 0. The molecule has 2 saturated heterocycles. The lowest BCUT2D eigenvalue weighted by atomic mass is 9.66. The summed E-state index contributed by atoms with van der Waals surface area (Å²) < 4.78 is 1.74. The lowest BCUT2D eigenvalue weighted by Gasteiger charge is -2.51. The highest BCUT2D eigenvalue weighted by Crippen LogP contribution is 2.51. The number of nitrogens with zero attached hydrogens (tertiary/aromatic N) is 3. The van der Waals surface area contributed by atoms with Crippen molar-refractivity contribution in [1.29, 1.82) is 0 Å². The summed E-state index contributed by atoms with van der Waals surface area (Å²) in [6, 6.07) is 3.80. The summed E-state index contributed by atoms with van der Waals surface area (Å²) in [7, 11) is 2.15. The van der Waals surface area contributed by atoms with Crippen molar-refractivity contribution >= 4 is 5.69 Å². The van der Waals surface area contributed by atoms with Gasteiger partial charge in [-0.25, -0.2) is 0 Å². The maximum Gasteiger partial charge on any atom is 0.252 e. The Hall–Kier alpha value is -1.33. The third-order valence-corrected chi connectivity index (χ3v) is 6.91. The van der Waals surface area contributed by atoms with Crippen molar-refractivity contribution in [2.24, 2.45) is 5.41 Å². The van der Waals surface area contributed by atoms with Crippen molar-refractivity contribution in [1.82, 2.24) is 9.47 Å². The number of hydrogen-bond acceptors (Lipinski definition) is 4. The Morgan fingerprint density at radius 2 is 1.80 bits per heavy atom. The van der Waals surface area contributed by atoms with E-state index in [0.29, 0.717) is 6.54 Å². The van der Waals surface area contributed by atoms with Crippen LogP contribution in [0.1, 0.15) is 44.9 Å². The van der Waals surface area contributed by atoms with Gasteiger partial charge in [0.05, 0.1) is 12.1 Å². The predicted molar refractivity (Wildman–Crippen MR) is 100 cm³/mol. The number of hydrogen-bond donors (Lipinski definition) is 1. The SMILES string of the molecule is CN1CCC(O)(Cn2ccc(N3CCCC3)cc2=O)C2(CCCC2)C1. The van der Waals surface area contributed by atoms with Gasteiger partial charge in [0.25, 0.3) is 5.56 Å². The topological polar surface area (TPSA) is 48.7 Å². The lowest BCUT2D eigenvalue weighted by molar-refractivity contribution is -0.139. The van der Waals surface area contributed by atoms with Crippen LogP contribution in [-0.4, -0.2) is 53.4 Å². The van der Waals surface area contributed by atoms with E-state index >= 15 is 0 Å². The highest BCUT2D eigenvalue weighted by Gasteiger charge is 2.54. The van der Waals surface area contributed by atoms with Crippen molar-refractivity contribution in [2.75, 3.05) is 38.1 Å². The Labute approximate surface area is 150 Å². The number of anilines is 1. The third kappa shape index (κ3) is 3.02. The number of piperidine rings is 1. The van der Waals surface area contributed by atoms with Gasteiger partial charge in [0.1, 0.15) is 0 Å². The molecule has 0 amide bonds. The maximum absolute atomic E-state index is 12.7. The summed E-state index contributed by atoms with van der Waals surface area (Å²) in [4.78, 5) is 17.3. The van der Waals surface area contributed by atoms with E-state index in [0.717, 1.165) is 51.1 Å². The van der Waals surface area contributed by atoms with Gasteiger partial charge in [0, 0.05) is 49.5 Å². The largest absolute Gasteiger partial charge is 0.387 e. The zero-order chi connectivity index (χ0) is 17.5. The number of aliphatic hydroxyl groups is 1. The first-order chi connectivity index (χ1) is 12.0. The second-order valence-electron chi connectivity index (χ2n) is 8.55. The highest BCUT2D eigenvalue weighted by atomic mass is 16.3. The lowest BCUT2D eigenvalue weighted by Crippen LogP contribution is -2.60. The highest BCUT2D eigenvalue weighted by molar-refractivity contribution is 5.45. The zero-order valence-electron chi connectivity index (χ0n) is 15.4. The summed E-state index contributed by atoms with van der Waals surface area (Å²) in [6.45, 7) is 4.37. The molecule has 1 spiro atoms. The molecule has 138 valence electrons. The van der Waals surface area contributed by atoms with Crippen LogP contribution in [0.4, 0.5) is 5.69 Å². The second-order valence-corrected chi connectivity index (χ2v) is 8.55. The van der Waals surface area contributed by atoms with Crippen molar-refractivity contribution in [3.05, 3.63) is 28.7 Å². The van der Waals surface area contributed by atoms with Crippen LogP contribution in [0.15, 0.2) is 23.1 Å². The molecule has 1 aromatic heterocycles. The van der Waals surface area contributed by atoms with E-state index in [1.807, 2.05) is 12.3 Å². The average molecular weight is 345 g/mol. The molecule has 4 rings (SSSR count). The van der Waals surface area contributed by atoms with Gasteiger partial charge in [-0.2, -0.15) is 0 Å². The number of aromatic nitrogens is 1. The molecule has 1 saturated carbocycles. The van der Waals surface area contributed by atoms with Crippen LogP contribution in [0.25, 0.3) is 0 Å². The van der Waals surface area contributed by atoms with Crippen LogP contribution in [0, 0.1) is 5.41 Å². The standard InChI is InChI=1S/C20H31N3O2/c1-21-13-9-20(25,19(15-21)7-2-3-8-19)16-23-12-6-17(14-18(23)24)22-10-4-5-11-22/h6,12,14,25H,2-5,7-11,13,15-16H2,1H3. The molecule has 0 radical (unpaired) electrons. The van der Waals surface area contributed by atoms with E-state index in [9.17, 15) is 9.90 Å². The first kappa shape index (κ1) is 17.1. The molecule has 1 N–H and O–H groups in total. The first-order valence-electron chi connectivity index (χ1n) is 9.88. The number of likely N-dealkylation sites (tertiary alicyclic amines) is 1. The molecule has 1 aromatic rings. The molecule has 1 unspecified atom stereocenters. The van der Waals surface area contributed by atoms with E-state index in [2.05, 4.69) is 16.8 Å². The van der Waals surface area contributed by atoms with Gasteiger partial charge in [0.15, 0.2) is 0 Å². The van der Waals surface area contributed by atoms with Gasteiger partial charge < -0.3 is 19.5 Å². The minimum absolute atomic E-state index is 0.0184. The second kappa shape index (κ2) is 6.44. The van der Waals surface area contributed by atoms with Gasteiger partial charge in [-0.15, -0.1) is 0 Å². The molecule has 1 aliphatic carbocycles. The smallest absolute Gasteiger partial charge is 0.252 e. The van der Waals surface area contributed by atoms with Gasteiger partial charge in [-0.3, -0.25) is 4.79 Å². The Balaban J connectivity index is 1.58. The quantitative estimate of drug-likeness (QED) is 0.911. The van der Waals surface area contributed by atoms with Crippen LogP contribution < -0.4 is 10.5 Å². The van der Waals surface area contributed by atoms with Crippen molar-refractivity contribution in [3.8, 4) is 0 Å². The molecule has 0 bridgehead atoms. The number of pyridine rings is 1. The van der Waals surface area contributed by atoms with Gasteiger partial charge in [-0.1, -0.05) is 12.8 Å². The van der Waals surface area contributed by atoms with Crippen molar-refractivity contribution < 1.29 is 5.11 Å². The van der Waals surface area contributed by atoms with E-state index in [1.54, 1.807) is 10.6 Å². The molecule has 3 heterocycles. The summed E-state index contributed by atoms with van der Waals surface area (Å²) in [5.41, 5.74) is 0.233. The molecular formula is C20H31N3O2. The van der Waals surface area contributed by atoms with Crippen LogP contribution in [0.2, 0.25) is 0 Å². The fourth-order valence-corrected chi connectivity index (χ4v) is 5.39. The van der Waals surface area contributed by atoms with Crippen molar-refractivity contribution in [2.45, 2.75) is 57.1 Å². The van der Waals surface area contributed by atoms with Crippen LogP contribution in [0.3, 0.4) is 0 Å². The van der Waals surface area contributed by atoms with Crippen molar-refractivity contribution in [3.63, 3.8) is 0 Å². The Kier molecular flexibility index (Phi) is 4.40. The third-order valence-electron chi connectivity index (χ3n) is 6.91. The molecule has 25 heavy (non-hydrogen) atoms. The Morgan fingerprint density at radius 3 is 2.48 bits per heavy atom. The maximum atomic E-state index is 12.7. The molecule has 0 aromatic carbocycles. The number of rotatable bonds is 3. The molecular weight excluding hydrogens is 314 g/mol. The zero-order valence-corrected chi connectivity index (χ0v) is 15.4. The van der Waals surface area contributed by atoms with Gasteiger partial charge >= 0.3 is 0 Å². The fraction of sp³-hybridized carbons (Fsp3) is 0.750. The van der Waals surface area contributed by atoms with Crippen LogP contribution in [0.5, 0.6) is 0 Å². The van der Waals surface area contributed by atoms with Crippen LogP contribution in [-0.2, 0) is 6.54 Å². The molecule has 1 atom stereocenters. The normalized spacial score (nSPS) is 29.6. The predicted octanol–water partition coefficient (Wildman–Crippen LogP) is 2.08. The van der Waals surface area contributed by atoms with Crippen LogP contribution >= 0.6 is 0 Å². The van der Waals surface area contributed by atoms with Gasteiger partial charge in [-0.05, 0) is 45.2 Å². The molecule has 2 aliphatic heterocycles. The summed E-state index contributed by atoms with van der Waals surface area (Å²) in [5, 5.41) is 11.6. The van der Waals surface area contributed by atoms with E-state index in [-0.39, 0.29) is 11.0 Å². The summed E-state index contributed by atoms with van der Waals surface area (Å²) in [5.74, 6) is 0. The van der Waals surface area contributed by atoms with E-state index in [4.69, 9.17) is 0 Å². The average Bonchev–Trinajstić information content (AvgIpc) is 3.26. The summed E-state index contributed by atoms with van der Waals surface area (Å²) in [6.07, 6.45) is 9.61. The molecule has 5 heteroatoms. The Morgan fingerprint density at radius 1 is 1.08 bits per heavy atom. The van der Waals surface area contributed by atoms with E-state index < -0.39 is 5.60 Å². The van der Waals surface area contributed by atoms with E-state index in [1.165, 1.54) is 25.7 Å². The minimum Gasteiger partial charge on any atom is -0.387 e. The monoisotopic (exact) mass is 345 g/mol. The molecule has 5 nitrogen and oxygen atoms in total. The minimum atomic E-state index is -0.769.